The highest BCUT2D eigenvalue weighted by atomic mass is 16.3. The molecule has 0 aromatic carbocycles. The minimum absolute atomic E-state index is 0.164. The number of nitrogens with zero attached hydrogens (tertiary/aromatic N) is 1. The number of aliphatic hydroxyl groups is 1. The molecule has 2 aromatic heterocycles. The van der Waals surface area contributed by atoms with E-state index in [2.05, 4.69) is 27.1 Å². The number of hydrogen-bond acceptors (Lipinski definition) is 4. The van der Waals surface area contributed by atoms with Gasteiger partial charge in [-0.05, 0) is 31.9 Å². The van der Waals surface area contributed by atoms with Crippen LogP contribution in [-0.2, 0) is 6.54 Å². The maximum Gasteiger partial charge on any atom is 0.287 e. The maximum absolute atomic E-state index is 11.8. The summed E-state index contributed by atoms with van der Waals surface area (Å²) < 4.78 is 5.28. The van der Waals surface area contributed by atoms with E-state index < -0.39 is 5.60 Å². The third-order valence-electron chi connectivity index (χ3n) is 2.29. The highest BCUT2D eigenvalue weighted by Crippen LogP contribution is 2.07. The molecule has 2 rings (SSSR count). The lowest BCUT2D eigenvalue weighted by atomic mass is 10.1. The van der Waals surface area contributed by atoms with Crippen molar-refractivity contribution in [1.29, 1.82) is 0 Å². The number of hydrogen-bond donors (Lipinski definition) is 3. The third-order valence-corrected chi connectivity index (χ3v) is 2.29. The van der Waals surface area contributed by atoms with Gasteiger partial charge >= 0.3 is 0 Å². The van der Waals surface area contributed by atoms with Crippen LogP contribution in [0.1, 0.15) is 36.0 Å². The fourth-order valence-corrected chi connectivity index (χ4v) is 1.39. The minimum atomic E-state index is -1.10. The van der Waals surface area contributed by atoms with Gasteiger partial charge in [0.1, 0.15) is 11.4 Å². The van der Waals surface area contributed by atoms with Gasteiger partial charge in [-0.15, -0.1) is 0 Å². The summed E-state index contributed by atoms with van der Waals surface area (Å²) in [6.07, 6.45) is 3.29. The molecule has 0 saturated heterocycles. The summed E-state index contributed by atoms with van der Waals surface area (Å²) in [5.74, 6) is 6.08. The van der Waals surface area contributed by atoms with E-state index in [1.165, 1.54) is 6.07 Å². The number of imidazole rings is 1. The Morgan fingerprint density at radius 2 is 2.35 bits per heavy atom. The Bertz CT molecular complexity index is 639. The van der Waals surface area contributed by atoms with Crippen LogP contribution in [0.4, 0.5) is 0 Å². The second-order valence-electron chi connectivity index (χ2n) is 4.69. The Morgan fingerprint density at radius 1 is 1.55 bits per heavy atom. The molecule has 0 saturated carbocycles. The predicted octanol–water partition coefficient (Wildman–Crippen LogP) is 1.06. The molecule has 104 valence electrons. The van der Waals surface area contributed by atoms with Gasteiger partial charge in [-0.1, -0.05) is 5.92 Å². The highest BCUT2D eigenvalue weighted by Gasteiger charge is 2.11. The Balaban J connectivity index is 1.97. The van der Waals surface area contributed by atoms with E-state index in [0.29, 0.717) is 11.6 Å². The van der Waals surface area contributed by atoms with Gasteiger partial charge in [-0.3, -0.25) is 4.79 Å². The Morgan fingerprint density at radius 3 is 3.00 bits per heavy atom. The zero-order valence-electron chi connectivity index (χ0n) is 11.2. The van der Waals surface area contributed by atoms with Crippen LogP contribution < -0.4 is 5.32 Å². The first-order chi connectivity index (χ1) is 9.44. The zero-order valence-corrected chi connectivity index (χ0v) is 11.2. The fourth-order valence-electron chi connectivity index (χ4n) is 1.39. The number of nitrogens with one attached hydrogen (secondary N) is 2. The van der Waals surface area contributed by atoms with Crippen molar-refractivity contribution < 1.29 is 14.3 Å². The monoisotopic (exact) mass is 273 g/mol. The number of H-pyrrole nitrogens is 1. The van der Waals surface area contributed by atoms with Crippen molar-refractivity contribution in [2.24, 2.45) is 0 Å². The van der Waals surface area contributed by atoms with Gasteiger partial charge in [-0.25, -0.2) is 4.98 Å². The molecular formula is C14H15N3O3. The van der Waals surface area contributed by atoms with E-state index in [-0.39, 0.29) is 18.2 Å². The maximum atomic E-state index is 11.8. The van der Waals surface area contributed by atoms with Crippen molar-refractivity contribution in [3.8, 4) is 11.8 Å². The summed E-state index contributed by atoms with van der Waals surface area (Å²) in [6.45, 7) is 3.43. The number of furan rings is 1. The average molecular weight is 273 g/mol. The van der Waals surface area contributed by atoms with Crippen molar-refractivity contribution in [1.82, 2.24) is 15.3 Å². The molecule has 0 bridgehead atoms. The molecule has 0 radical (unpaired) electrons. The normalized spacial score (nSPS) is 10.8. The molecule has 0 aliphatic rings. The van der Waals surface area contributed by atoms with Crippen LogP contribution in [0.15, 0.2) is 28.9 Å². The van der Waals surface area contributed by atoms with E-state index in [4.69, 9.17) is 4.42 Å². The molecule has 2 heterocycles. The molecule has 20 heavy (non-hydrogen) atoms. The van der Waals surface area contributed by atoms with Crippen molar-refractivity contribution in [3.63, 3.8) is 0 Å². The topological polar surface area (TPSA) is 91.1 Å². The number of rotatable bonds is 3. The molecule has 6 heteroatoms. The van der Waals surface area contributed by atoms with Crippen molar-refractivity contribution in [2.75, 3.05) is 0 Å². The minimum Gasteiger partial charge on any atom is -0.443 e. The van der Waals surface area contributed by atoms with Crippen LogP contribution in [0.5, 0.6) is 0 Å². The fraction of sp³-hybridized carbons (Fsp3) is 0.286. The molecule has 6 nitrogen and oxygen atoms in total. The first kappa shape index (κ1) is 13.9. The number of carbonyl (C=O) groups excluding carboxylic acids is 1. The second kappa shape index (κ2) is 5.63. The van der Waals surface area contributed by atoms with Gasteiger partial charge in [-0.2, -0.15) is 0 Å². The quantitative estimate of drug-likeness (QED) is 0.729. The molecule has 0 spiro atoms. The predicted molar refractivity (Wildman–Crippen MR) is 71.6 cm³/mol. The van der Waals surface area contributed by atoms with E-state index in [9.17, 15) is 9.90 Å². The van der Waals surface area contributed by atoms with E-state index in [0.717, 1.165) is 0 Å². The smallest absolute Gasteiger partial charge is 0.287 e. The van der Waals surface area contributed by atoms with Crippen LogP contribution in [0.25, 0.3) is 0 Å². The lowest BCUT2D eigenvalue weighted by Crippen LogP contribution is -2.22. The van der Waals surface area contributed by atoms with Gasteiger partial charge < -0.3 is 19.8 Å². The Labute approximate surface area is 116 Å². The molecular weight excluding hydrogens is 258 g/mol. The molecule has 0 aliphatic heterocycles. The third kappa shape index (κ3) is 4.00. The lowest BCUT2D eigenvalue weighted by molar-refractivity contribution is 0.0921. The van der Waals surface area contributed by atoms with Crippen LogP contribution >= 0.6 is 0 Å². The van der Waals surface area contributed by atoms with E-state index in [1.807, 2.05) is 0 Å². The van der Waals surface area contributed by atoms with Gasteiger partial charge in [0.25, 0.3) is 5.91 Å². The van der Waals surface area contributed by atoms with Gasteiger partial charge in [0.05, 0.1) is 6.54 Å². The number of amides is 1. The average Bonchev–Trinajstić information content (AvgIpc) is 3.04. The summed E-state index contributed by atoms with van der Waals surface area (Å²) in [4.78, 5) is 18.7. The Hall–Kier alpha value is -2.52. The molecule has 3 N–H and O–H groups in total. The SMILES string of the molecule is CC(C)(O)C#Cc1ccc(C(=O)NCc2ncc[nH]2)o1. The molecule has 2 aromatic rings. The van der Waals surface area contributed by atoms with Crippen LogP contribution in [0.3, 0.4) is 0 Å². The molecule has 0 fully saturated rings. The number of carbonyl (C=O) groups is 1. The van der Waals surface area contributed by atoms with E-state index in [1.54, 1.807) is 32.3 Å². The Kier molecular flexibility index (Phi) is 3.91. The van der Waals surface area contributed by atoms with E-state index >= 15 is 0 Å². The lowest BCUT2D eigenvalue weighted by Gasteiger charge is -2.05. The highest BCUT2D eigenvalue weighted by molar-refractivity contribution is 5.91. The van der Waals surface area contributed by atoms with Crippen molar-refractivity contribution >= 4 is 5.91 Å². The molecule has 0 atom stereocenters. The first-order valence-corrected chi connectivity index (χ1v) is 6.06. The molecule has 1 amide bonds. The zero-order chi connectivity index (χ0) is 14.6. The first-order valence-electron chi connectivity index (χ1n) is 6.06. The summed E-state index contributed by atoms with van der Waals surface area (Å²) in [7, 11) is 0. The van der Waals surface area contributed by atoms with Crippen molar-refractivity contribution in [3.05, 3.63) is 41.9 Å². The number of aromatic amines is 1. The molecule has 0 unspecified atom stereocenters. The van der Waals surface area contributed by atoms with Crippen molar-refractivity contribution in [2.45, 2.75) is 26.0 Å². The summed E-state index contributed by atoms with van der Waals surface area (Å²) in [5.41, 5.74) is -1.10. The van der Waals surface area contributed by atoms with Crippen LogP contribution in [0, 0.1) is 11.8 Å². The molecule has 0 aliphatic carbocycles. The van der Waals surface area contributed by atoms with Gasteiger partial charge in [0, 0.05) is 12.4 Å². The van der Waals surface area contributed by atoms with Gasteiger partial charge in [0.2, 0.25) is 0 Å². The number of aromatic nitrogens is 2. The largest absolute Gasteiger partial charge is 0.443 e. The summed E-state index contributed by atoms with van der Waals surface area (Å²) >= 11 is 0. The summed E-state index contributed by atoms with van der Waals surface area (Å²) in [6, 6.07) is 3.12. The standard InChI is InChI=1S/C14H15N3O3/c1-14(2,19)6-5-10-3-4-11(20-10)13(18)17-9-12-15-7-8-16-12/h3-4,7-8,19H,9H2,1-2H3,(H,15,16)(H,17,18). The van der Waals surface area contributed by atoms with Crippen LogP contribution in [0.2, 0.25) is 0 Å². The van der Waals surface area contributed by atoms with Gasteiger partial charge in [0.15, 0.2) is 11.5 Å². The van der Waals surface area contributed by atoms with Crippen LogP contribution in [-0.4, -0.2) is 26.6 Å². The second-order valence-corrected chi connectivity index (χ2v) is 4.69. The summed E-state index contributed by atoms with van der Waals surface area (Å²) in [5, 5.41) is 12.1.